The highest BCUT2D eigenvalue weighted by Gasteiger charge is 2.22. The Morgan fingerprint density at radius 1 is 1.56 bits per heavy atom. The van der Waals surface area contributed by atoms with Crippen molar-refractivity contribution in [2.45, 2.75) is 45.8 Å². The van der Waals surface area contributed by atoms with Crippen molar-refractivity contribution < 1.29 is 9.53 Å². The predicted octanol–water partition coefficient (Wildman–Crippen LogP) is 2.16. The molecule has 1 heterocycles. The molecule has 1 saturated heterocycles. The first-order chi connectivity index (χ1) is 7.65. The lowest BCUT2D eigenvalue weighted by atomic mass is 10.2. The Balaban J connectivity index is 2.38. The molecule has 0 spiro atoms. The summed E-state index contributed by atoms with van der Waals surface area (Å²) in [5.41, 5.74) is 0. The van der Waals surface area contributed by atoms with E-state index in [0.717, 1.165) is 30.9 Å². The van der Waals surface area contributed by atoms with Crippen LogP contribution in [0.25, 0.3) is 0 Å². The summed E-state index contributed by atoms with van der Waals surface area (Å²) in [4.78, 5) is 13.9. The molecular weight excluding hydrogens is 222 g/mol. The van der Waals surface area contributed by atoms with Crippen LogP contribution in [0.15, 0.2) is 0 Å². The molecule has 1 rings (SSSR count). The first kappa shape index (κ1) is 13.8. The molecule has 0 aromatic rings. The zero-order valence-corrected chi connectivity index (χ0v) is 11.4. The minimum absolute atomic E-state index is 0.148. The van der Waals surface area contributed by atoms with Gasteiger partial charge in [-0.05, 0) is 32.4 Å². The van der Waals surface area contributed by atoms with E-state index in [2.05, 4.69) is 13.8 Å². The molecule has 16 heavy (non-hydrogen) atoms. The molecule has 2 atom stereocenters. The molecule has 0 saturated carbocycles. The van der Waals surface area contributed by atoms with Crippen molar-refractivity contribution in [1.82, 2.24) is 4.90 Å². The minimum Gasteiger partial charge on any atom is -0.369 e. The molecule has 1 fully saturated rings. The SMILES string of the molecule is CC[C@@H](C)OCC(=O)N1CCSCC[C@@H]1C. The van der Waals surface area contributed by atoms with E-state index < -0.39 is 0 Å². The molecule has 1 aliphatic rings. The van der Waals surface area contributed by atoms with Crippen LogP contribution in [0.2, 0.25) is 0 Å². The lowest BCUT2D eigenvalue weighted by molar-refractivity contribution is -0.139. The van der Waals surface area contributed by atoms with E-state index in [-0.39, 0.29) is 18.6 Å². The Morgan fingerprint density at radius 2 is 2.31 bits per heavy atom. The van der Waals surface area contributed by atoms with Gasteiger partial charge in [-0.2, -0.15) is 11.8 Å². The fraction of sp³-hybridized carbons (Fsp3) is 0.917. The molecule has 0 unspecified atom stereocenters. The summed E-state index contributed by atoms with van der Waals surface area (Å²) in [5.74, 6) is 2.37. The number of amides is 1. The highest BCUT2D eigenvalue weighted by atomic mass is 32.2. The Kier molecular flexibility index (Phi) is 6.21. The number of rotatable bonds is 4. The molecule has 3 nitrogen and oxygen atoms in total. The van der Waals surface area contributed by atoms with Crippen molar-refractivity contribution in [2.75, 3.05) is 24.7 Å². The number of ether oxygens (including phenoxy) is 1. The number of hydrogen-bond acceptors (Lipinski definition) is 3. The minimum atomic E-state index is 0.148. The van der Waals surface area contributed by atoms with Gasteiger partial charge in [0.15, 0.2) is 0 Å². The first-order valence-electron chi connectivity index (χ1n) is 6.14. The second kappa shape index (κ2) is 7.17. The average molecular weight is 245 g/mol. The van der Waals surface area contributed by atoms with Crippen LogP contribution in [-0.4, -0.2) is 47.6 Å². The summed E-state index contributed by atoms with van der Waals surface area (Å²) in [7, 11) is 0. The summed E-state index contributed by atoms with van der Waals surface area (Å²) < 4.78 is 5.50. The van der Waals surface area contributed by atoms with Crippen LogP contribution in [0.3, 0.4) is 0 Å². The Morgan fingerprint density at radius 3 is 3.00 bits per heavy atom. The van der Waals surface area contributed by atoms with E-state index in [4.69, 9.17) is 4.74 Å². The molecule has 94 valence electrons. The van der Waals surface area contributed by atoms with Gasteiger partial charge in [0.1, 0.15) is 6.61 Å². The quantitative estimate of drug-likeness (QED) is 0.760. The maximum atomic E-state index is 12.0. The summed E-state index contributed by atoms with van der Waals surface area (Å²) in [6.07, 6.45) is 2.24. The van der Waals surface area contributed by atoms with Gasteiger partial charge in [0.2, 0.25) is 5.91 Å². The van der Waals surface area contributed by atoms with E-state index in [9.17, 15) is 4.79 Å². The lowest BCUT2D eigenvalue weighted by Gasteiger charge is -2.27. The van der Waals surface area contributed by atoms with Gasteiger partial charge in [0, 0.05) is 18.3 Å². The molecular formula is C12H23NO2S. The van der Waals surface area contributed by atoms with E-state index in [1.165, 1.54) is 0 Å². The zero-order chi connectivity index (χ0) is 12.0. The summed E-state index contributed by atoms with van der Waals surface area (Å²) >= 11 is 1.93. The van der Waals surface area contributed by atoms with Crippen molar-refractivity contribution in [2.24, 2.45) is 0 Å². The zero-order valence-electron chi connectivity index (χ0n) is 10.6. The second-order valence-corrected chi connectivity index (χ2v) is 5.59. The van der Waals surface area contributed by atoms with E-state index in [0.29, 0.717) is 6.04 Å². The van der Waals surface area contributed by atoms with E-state index in [1.54, 1.807) is 0 Å². The summed E-state index contributed by atoms with van der Waals surface area (Å²) in [6, 6.07) is 0.364. The monoisotopic (exact) mass is 245 g/mol. The van der Waals surface area contributed by atoms with Gasteiger partial charge in [-0.15, -0.1) is 0 Å². The van der Waals surface area contributed by atoms with Crippen molar-refractivity contribution in [3.05, 3.63) is 0 Å². The fourth-order valence-electron chi connectivity index (χ4n) is 1.68. The number of carbonyl (C=O) groups excluding carboxylic acids is 1. The predicted molar refractivity (Wildman–Crippen MR) is 68.8 cm³/mol. The van der Waals surface area contributed by atoms with Gasteiger partial charge >= 0.3 is 0 Å². The molecule has 0 bridgehead atoms. The van der Waals surface area contributed by atoms with Crippen LogP contribution in [0.4, 0.5) is 0 Å². The van der Waals surface area contributed by atoms with Crippen LogP contribution >= 0.6 is 11.8 Å². The number of carbonyl (C=O) groups is 1. The van der Waals surface area contributed by atoms with Gasteiger partial charge in [-0.25, -0.2) is 0 Å². The summed E-state index contributed by atoms with van der Waals surface area (Å²) in [6.45, 7) is 7.32. The van der Waals surface area contributed by atoms with Gasteiger partial charge in [0.25, 0.3) is 0 Å². The van der Waals surface area contributed by atoms with Crippen LogP contribution in [-0.2, 0) is 9.53 Å². The molecule has 1 amide bonds. The standard InChI is InChI=1S/C12H23NO2S/c1-4-11(3)15-9-12(14)13-6-8-16-7-5-10(13)2/h10-11H,4-9H2,1-3H3/t10-,11+/m0/s1. The number of thioether (sulfide) groups is 1. The Labute approximate surface area is 103 Å². The average Bonchev–Trinajstić information content (AvgIpc) is 2.50. The van der Waals surface area contributed by atoms with Crippen LogP contribution in [0.1, 0.15) is 33.6 Å². The first-order valence-corrected chi connectivity index (χ1v) is 7.29. The van der Waals surface area contributed by atoms with Gasteiger partial charge in [-0.1, -0.05) is 6.92 Å². The van der Waals surface area contributed by atoms with Crippen molar-refractivity contribution in [3.8, 4) is 0 Å². The summed E-state index contributed by atoms with van der Waals surface area (Å²) in [5, 5.41) is 0. The third-order valence-electron chi connectivity index (χ3n) is 3.08. The molecule has 0 aliphatic carbocycles. The van der Waals surface area contributed by atoms with Gasteiger partial charge in [-0.3, -0.25) is 4.79 Å². The third kappa shape index (κ3) is 4.34. The third-order valence-corrected chi connectivity index (χ3v) is 4.07. The Hall–Kier alpha value is -0.220. The van der Waals surface area contributed by atoms with E-state index in [1.807, 2.05) is 23.6 Å². The van der Waals surface area contributed by atoms with Crippen LogP contribution in [0.5, 0.6) is 0 Å². The topological polar surface area (TPSA) is 29.5 Å². The van der Waals surface area contributed by atoms with Crippen molar-refractivity contribution >= 4 is 17.7 Å². The van der Waals surface area contributed by atoms with Crippen molar-refractivity contribution in [3.63, 3.8) is 0 Å². The van der Waals surface area contributed by atoms with Crippen LogP contribution < -0.4 is 0 Å². The fourth-order valence-corrected chi connectivity index (χ4v) is 2.72. The maximum absolute atomic E-state index is 12.0. The molecule has 4 heteroatoms. The highest BCUT2D eigenvalue weighted by Crippen LogP contribution is 2.16. The lowest BCUT2D eigenvalue weighted by Crippen LogP contribution is -2.41. The van der Waals surface area contributed by atoms with Crippen LogP contribution in [0, 0.1) is 0 Å². The van der Waals surface area contributed by atoms with Gasteiger partial charge < -0.3 is 9.64 Å². The second-order valence-electron chi connectivity index (χ2n) is 4.37. The normalized spacial score (nSPS) is 23.9. The Bertz CT molecular complexity index is 223. The molecule has 0 aromatic carbocycles. The molecule has 0 aromatic heterocycles. The van der Waals surface area contributed by atoms with E-state index >= 15 is 0 Å². The molecule has 0 N–H and O–H groups in total. The molecule has 0 radical (unpaired) electrons. The number of nitrogens with zero attached hydrogens (tertiary/aromatic N) is 1. The highest BCUT2D eigenvalue weighted by molar-refractivity contribution is 7.99. The van der Waals surface area contributed by atoms with Crippen molar-refractivity contribution in [1.29, 1.82) is 0 Å². The largest absolute Gasteiger partial charge is 0.369 e. The smallest absolute Gasteiger partial charge is 0.248 e. The number of hydrogen-bond donors (Lipinski definition) is 0. The van der Waals surface area contributed by atoms with Gasteiger partial charge in [0.05, 0.1) is 6.10 Å². The maximum Gasteiger partial charge on any atom is 0.248 e. The molecule has 1 aliphatic heterocycles.